The van der Waals surface area contributed by atoms with Crippen molar-refractivity contribution in [2.24, 2.45) is 0 Å². The number of thioether (sulfide) groups is 1. The number of nitrogens with one attached hydrogen (secondary N) is 1. The molecule has 0 saturated heterocycles. The summed E-state index contributed by atoms with van der Waals surface area (Å²) in [6, 6.07) is 7.41. The van der Waals surface area contributed by atoms with Crippen LogP contribution < -0.4 is 10.9 Å². The molecule has 1 aromatic carbocycles. The molecule has 136 valence electrons. The summed E-state index contributed by atoms with van der Waals surface area (Å²) in [6.45, 7) is 5.99. The number of anilines is 1. The normalized spacial score (nSPS) is 11.0. The summed E-state index contributed by atoms with van der Waals surface area (Å²) in [5, 5.41) is 8.03. The van der Waals surface area contributed by atoms with Crippen LogP contribution in [0.5, 0.6) is 0 Å². The Morgan fingerprint density at radius 1 is 1.31 bits per heavy atom. The molecule has 0 aliphatic carbocycles. The zero-order valence-electron chi connectivity index (χ0n) is 14.9. The number of rotatable bonds is 6. The van der Waals surface area contributed by atoms with Gasteiger partial charge >= 0.3 is 0 Å². The third kappa shape index (κ3) is 4.31. The molecular weight excluding hydrogens is 368 g/mol. The van der Waals surface area contributed by atoms with Crippen LogP contribution in [0.4, 0.5) is 5.69 Å². The van der Waals surface area contributed by atoms with Gasteiger partial charge in [0.2, 0.25) is 10.9 Å². The van der Waals surface area contributed by atoms with Gasteiger partial charge < -0.3 is 5.32 Å². The Morgan fingerprint density at radius 2 is 2.12 bits per heavy atom. The molecular formula is C18H20N4O2S2. The van der Waals surface area contributed by atoms with Crippen LogP contribution in [0.2, 0.25) is 0 Å². The molecule has 3 rings (SSSR count). The Hall–Kier alpha value is -2.19. The molecule has 0 spiro atoms. The Bertz CT molecular complexity index is 1010. The Kier molecular flexibility index (Phi) is 5.73. The number of hydrogen-bond acceptors (Lipinski definition) is 6. The number of nitrogens with zero attached hydrogens (tertiary/aromatic N) is 3. The molecule has 1 amide bonds. The highest BCUT2D eigenvalue weighted by atomic mass is 32.2. The summed E-state index contributed by atoms with van der Waals surface area (Å²) in [4.78, 5) is 29.3. The molecule has 0 saturated carbocycles. The van der Waals surface area contributed by atoms with E-state index < -0.39 is 0 Å². The smallest absolute Gasteiger partial charge is 0.275 e. The number of benzene rings is 1. The molecule has 0 unspecified atom stereocenters. The molecule has 0 aliphatic rings. The van der Waals surface area contributed by atoms with Crippen LogP contribution in [0, 0.1) is 13.8 Å². The van der Waals surface area contributed by atoms with E-state index in [0.29, 0.717) is 22.2 Å². The minimum atomic E-state index is -0.179. The van der Waals surface area contributed by atoms with Gasteiger partial charge in [0.05, 0.1) is 11.4 Å². The maximum Gasteiger partial charge on any atom is 0.275 e. The Morgan fingerprint density at radius 3 is 2.85 bits per heavy atom. The lowest BCUT2D eigenvalue weighted by Crippen LogP contribution is -2.16. The highest BCUT2D eigenvalue weighted by Gasteiger charge is 2.10. The van der Waals surface area contributed by atoms with Crippen LogP contribution in [-0.2, 0) is 17.0 Å². The van der Waals surface area contributed by atoms with E-state index in [4.69, 9.17) is 0 Å². The van der Waals surface area contributed by atoms with Gasteiger partial charge in [0.1, 0.15) is 5.01 Å². The quantitative estimate of drug-likeness (QED) is 0.702. The zero-order chi connectivity index (χ0) is 18.7. The van der Waals surface area contributed by atoms with E-state index in [9.17, 15) is 9.59 Å². The highest BCUT2D eigenvalue weighted by Crippen LogP contribution is 2.18. The molecule has 0 bridgehead atoms. The third-order valence-corrected chi connectivity index (χ3v) is 5.80. The third-order valence-electron chi connectivity index (χ3n) is 3.78. The minimum absolute atomic E-state index is 0.0641. The van der Waals surface area contributed by atoms with Crippen molar-refractivity contribution in [2.75, 3.05) is 11.1 Å². The van der Waals surface area contributed by atoms with Crippen molar-refractivity contribution in [3.63, 3.8) is 0 Å². The summed E-state index contributed by atoms with van der Waals surface area (Å²) < 4.78 is 1.34. The number of fused-ring (bicyclic) bond motifs is 1. The van der Waals surface area contributed by atoms with Crippen LogP contribution in [0.15, 0.2) is 29.1 Å². The lowest BCUT2D eigenvalue weighted by molar-refractivity contribution is -0.113. The predicted octanol–water partition coefficient (Wildman–Crippen LogP) is 3.20. The molecule has 1 N–H and O–H groups in total. The second kappa shape index (κ2) is 8.01. The average Bonchev–Trinajstić information content (AvgIpc) is 3.01. The van der Waals surface area contributed by atoms with E-state index in [1.807, 2.05) is 39.0 Å². The second-order valence-electron chi connectivity index (χ2n) is 5.99. The number of carbonyl (C=O) groups is 1. The van der Waals surface area contributed by atoms with Gasteiger partial charge in [-0.3, -0.25) is 9.59 Å². The van der Waals surface area contributed by atoms with Gasteiger partial charge in [-0.15, -0.1) is 11.8 Å². The molecule has 0 atom stereocenters. The first-order chi connectivity index (χ1) is 12.5. The lowest BCUT2D eigenvalue weighted by atomic mass is 10.1. The topological polar surface area (TPSA) is 76.4 Å². The second-order valence-corrected chi connectivity index (χ2v) is 8.01. The van der Waals surface area contributed by atoms with Crippen molar-refractivity contribution in [1.82, 2.24) is 14.6 Å². The van der Waals surface area contributed by atoms with Crippen molar-refractivity contribution < 1.29 is 4.79 Å². The first-order valence-electron chi connectivity index (χ1n) is 8.30. The fourth-order valence-electron chi connectivity index (χ4n) is 2.50. The van der Waals surface area contributed by atoms with Crippen molar-refractivity contribution in [2.45, 2.75) is 32.9 Å². The van der Waals surface area contributed by atoms with Crippen LogP contribution in [0.25, 0.3) is 4.96 Å². The number of aromatic nitrogens is 3. The average molecular weight is 389 g/mol. The summed E-state index contributed by atoms with van der Waals surface area (Å²) in [7, 11) is 0. The lowest BCUT2D eigenvalue weighted by Gasteiger charge is -2.09. The van der Waals surface area contributed by atoms with Crippen LogP contribution >= 0.6 is 23.1 Å². The Balaban J connectivity index is 1.59. The summed E-state index contributed by atoms with van der Waals surface area (Å²) in [5.74, 6) is 0.744. The maximum absolute atomic E-state index is 12.1. The number of carbonyl (C=O) groups excluding carboxylic acids is 1. The predicted molar refractivity (Wildman–Crippen MR) is 107 cm³/mol. The summed E-state index contributed by atoms with van der Waals surface area (Å²) in [5.41, 5.74) is 3.53. The molecule has 6 nitrogen and oxygen atoms in total. The van der Waals surface area contributed by atoms with Gasteiger partial charge in [0.15, 0.2) is 0 Å². The summed E-state index contributed by atoms with van der Waals surface area (Å²) in [6.07, 6.45) is 0.774. The van der Waals surface area contributed by atoms with E-state index >= 15 is 0 Å². The van der Waals surface area contributed by atoms with Gasteiger partial charge in [-0.25, -0.2) is 4.98 Å². The molecule has 0 radical (unpaired) electrons. The fourth-order valence-corrected chi connectivity index (χ4v) is 4.08. The number of hydrogen-bond donors (Lipinski definition) is 1. The zero-order valence-corrected chi connectivity index (χ0v) is 16.5. The Labute approximate surface area is 159 Å². The van der Waals surface area contributed by atoms with Gasteiger partial charge in [-0.1, -0.05) is 36.0 Å². The van der Waals surface area contributed by atoms with Crippen LogP contribution in [0.3, 0.4) is 0 Å². The van der Waals surface area contributed by atoms with Crippen molar-refractivity contribution in [3.8, 4) is 0 Å². The minimum Gasteiger partial charge on any atom is -0.325 e. The van der Waals surface area contributed by atoms with Crippen molar-refractivity contribution in [3.05, 3.63) is 56.4 Å². The number of aryl methyl sites for hydroxylation is 3. The molecule has 0 aliphatic heterocycles. The van der Waals surface area contributed by atoms with E-state index in [1.165, 1.54) is 33.7 Å². The molecule has 26 heavy (non-hydrogen) atoms. The first-order valence-corrected chi connectivity index (χ1v) is 10.3. The van der Waals surface area contributed by atoms with E-state index in [1.54, 1.807) is 0 Å². The molecule has 0 fully saturated rings. The summed E-state index contributed by atoms with van der Waals surface area (Å²) >= 11 is 2.86. The van der Waals surface area contributed by atoms with Crippen molar-refractivity contribution >= 4 is 39.7 Å². The van der Waals surface area contributed by atoms with Crippen LogP contribution in [0.1, 0.15) is 28.8 Å². The van der Waals surface area contributed by atoms with Crippen molar-refractivity contribution in [1.29, 1.82) is 0 Å². The standard InChI is InChI=1S/C18H20N4O2S2/c1-4-16-21-22-17(24)8-13(19-18(22)26-16)9-25-10-15(23)20-14-6-5-11(2)7-12(14)3/h5-8H,4,9-10H2,1-3H3,(H,20,23). The molecule has 8 heteroatoms. The van der Waals surface area contributed by atoms with E-state index in [0.717, 1.165) is 28.2 Å². The SMILES string of the molecule is CCc1nn2c(=O)cc(CSCC(=O)Nc3ccc(C)cc3C)nc2s1. The molecule has 2 heterocycles. The molecule has 2 aromatic heterocycles. The monoisotopic (exact) mass is 388 g/mol. The van der Waals surface area contributed by atoms with E-state index in [-0.39, 0.29) is 11.5 Å². The largest absolute Gasteiger partial charge is 0.325 e. The maximum atomic E-state index is 12.1. The molecule has 3 aromatic rings. The number of amides is 1. The van der Waals surface area contributed by atoms with Gasteiger partial charge in [0.25, 0.3) is 5.56 Å². The fraction of sp³-hybridized carbons (Fsp3) is 0.333. The van der Waals surface area contributed by atoms with Gasteiger partial charge in [-0.2, -0.15) is 9.61 Å². The van der Waals surface area contributed by atoms with Crippen LogP contribution in [-0.4, -0.2) is 26.3 Å². The van der Waals surface area contributed by atoms with Gasteiger partial charge in [0, 0.05) is 17.5 Å². The van der Waals surface area contributed by atoms with Gasteiger partial charge in [-0.05, 0) is 31.9 Å². The highest BCUT2D eigenvalue weighted by molar-refractivity contribution is 7.99. The first kappa shape index (κ1) is 18.6. The van der Waals surface area contributed by atoms with E-state index in [2.05, 4.69) is 15.4 Å².